The monoisotopic (exact) mass is 269 g/mol. The van der Waals surface area contributed by atoms with E-state index < -0.39 is 0 Å². The molecule has 0 aliphatic carbocycles. The van der Waals surface area contributed by atoms with Crippen molar-refractivity contribution in [3.63, 3.8) is 0 Å². The van der Waals surface area contributed by atoms with Crippen molar-refractivity contribution in [1.29, 1.82) is 0 Å². The Bertz CT molecular complexity index is 349. The molecule has 1 aromatic rings. The first kappa shape index (κ1) is 13.8. The fraction of sp³-hybridized carbons (Fsp3) is 0.571. The zero-order chi connectivity index (χ0) is 12.8. The number of halogens is 1. The van der Waals surface area contributed by atoms with Gasteiger partial charge in [0.15, 0.2) is 0 Å². The smallest absolute Gasteiger partial charge is 0.0965 e. The molecule has 4 heteroatoms. The van der Waals surface area contributed by atoms with Gasteiger partial charge in [-0.3, -0.25) is 0 Å². The van der Waals surface area contributed by atoms with E-state index in [1.54, 1.807) is 0 Å². The molecule has 0 bridgehead atoms. The highest BCUT2D eigenvalue weighted by Gasteiger charge is 2.24. The summed E-state index contributed by atoms with van der Waals surface area (Å²) in [5.41, 5.74) is 1.26. The molecule has 1 saturated heterocycles. The number of likely N-dealkylation sites (N-methyl/N-ethyl adjacent to an activating group) is 1. The molecule has 3 nitrogen and oxygen atoms in total. The largest absolute Gasteiger partial charge is 0.376 e. The Balaban J connectivity index is 1.98. The Hall–Kier alpha value is -0.610. The molecule has 1 aliphatic rings. The maximum atomic E-state index is 5.90. The Morgan fingerprint density at radius 3 is 2.72 bits per heavy atom. The van der Waals surface area contributed by atoms with Gasteiger partial charge in [0, 0.05) is 11.1 Å². The number of rotatable bonds is 5. The fourth-order valence-electron chi connectivity index (χ4n) is 2.21. The van der Waals surface area contributed by atoms with E-state index in [4.69, 9.17) is 21.1 Å². The summed E-state index contributed by atoms with van der Waals surface area (Å²) < 4.78 is 11.3. The number of ether oxygens (including phenoxy) is 2. The van der Waals surface area contributed by atoms with Crippen LogP contribution in [0.25, 0.3) is 0 Å². The Kier molecular flexibility index (Phi) is 5.45. The SMILES string of the molecule is CCNC(Cc1ccc(Cl)cc1)C1COCCO1. The number of hydrogen-bond donors (Lipinski definition) is 1. The first-order valence-electron chi connectivity index (χ1n) is 6.46. The molecule has 2 unspecified atom stereocenters. The van der Waals surface area contributed by atoms with Crippen LogP contribution < -0.4 is 5.32 Å². The summed E-state index contributed by atoms with van der Waals surface area (Å²) in [7, 11) is 0. The summed E-state index contributed by atoms with van der Waals surface area (Å²) in [5.74, 6) is 0. The number of nitrogens with one attached hydrogen (secondary N) is 1. The average Bonchev–Trinajstić information content (AvgIpc) is 2.42. The van der Waals surface area contributed by atoms with Crippen molar-refractivity contribution in [3.05, 3.63) is 34.9 Å². The molecule has 0 saturated carbocycles. The van der Waals surface area contributed by atoms with Crippen LogP contribution in [0.3, 0.4) is 0 Å². The van der Waals surface area contributed by atoms with Crippen molar-refractivity contribution in [1.82, 2.24) is 5.32 Å². The number of benzene rings is 1. The maximum Gasteiger partial charge on any atom is 0.0965 e. The van der Waals surface area contributed by atoms with Gasteiger partial charge in [0.05, 0.1) is 25.9 Å². The van der Waals surface area contributed by atoms with Gasteiger partial charge in [-0.2, -0.15) is 0 Å². The summed E-state index contributed by atoms with van der Waals surface area (Å²) >= 11 is 5.90. The Morgan fingerprint density at radius 2 is 2.11 bits per heavy atom. The van der Waals surface area contributed by atoms with E-state index in [2.05, 4.69) is 24.4 Å². The topological polar surface area (TPSA) is 30.5 Å². The minimum Gasteiger partial charge on any atom is -0.376 e. The second kappa shape index (κ2) is 7.10. The quantitative estimate of drug-likeness (QED) is 0.890. The van der Waals surface area contributed by atoms with E-state index in [9.17, 15) is 0 Å². The van der Waals surface area contributed by atoms with Crippen LogP contribution in [0.5, 0.6) is 0 Å². The van der Waals surface area contributed by atoms with Gasteiger partial charge < -0.3 is 14.8 Å². The van der Waals surface area contributed by atoms with Gasteiger partial charge in [-0.1, -0.05) is 30.7 Å². The van der Waals surface area contributed by atoms with Gasteiger partial charge in [-0.15, -0.1) is 0 Å². The lowest BCUT2D eigenvalue weighted by atomic mass is 10.0. The standard InChI is InChI=1S/C14H20ClNO2/c1-2-16-13(14-10-17-7-8-18-14)9-11-3-5-12(15)6-4-11/h3-6,13-14,16H,2,7-10H2,1H3. The highest BCUT2D eigenvalue weighted by atomic mass is 35.5. The first-order chi connectivity index (χ1) is 8.79. The molecule has 1 aromatic carbocycles. The van der Waals surface area contributed by atoms with Crippen LogP contribution in [0, 0.1) is 0 Å². The summed E-state index contributed by atoms with van der Waals surface area (Å²) in [6, 6.07) is 8.28. The molecule has 2 rings (SSSR count). The van der Waals surface area contributed by atoms with Gasteiger partial charge in [0.2, 0.25) is 0 Å². The lowest BCUT2D eigenvalue weighted by Gasteiger charge is -2.31. The highest BCUT2D eigenvalue weighted by molar-refractivity contribution is 6.30. The molecule has 1 fully saturated rings. The fourth-order valence-corrected chi connectivity index (χ4v) is 2.34. The molecule has 1 aliphatic heterocycles. The highest BCUT2D eigenvalue weighted by Crippen LogP contribution is 2.14. The minimum absolute atomic E-state index is 0.134. The van der Waals surface area contributed by atoms with Crippen LogP contribution in [-0.4, -0.2) is 38.5 Å². The van der Waals surface area contributed by atoms with Crippen LogP contribution in [0.4, 0.5) is 0 Å². The molecule has 0 amide bonds. The Morgan fingerprint density at radius 1 is 1.33 bits per heavy atom. The molecule has 18 heavy (non-hydrogen) atoms. The van der Waals surface area contributed by atoms with Crippen LogP contribution in [0.1, 0.15) is 12.5 Å². The third kappa shape index (κ3) is 3.95. The summed E-state index contributed by atoms with van der Waals surface area (Å²) in [5, 5.41) is 4.25. The molecular weight excluding hydrogens is 250 g/mol. The lowest BCUT2D eigenvalue weighted by molar-refractivity contribution is -0.101. The van der Waals surface area contributed by atoms with E-state index in [0.29, 0.717) is 19.8 Å². The predicted octanol–water partition coefficient (Wildman–Crippen LogP) is 2.28. The summed E-state index contributed by atoms with van der Waals surface area (Å²) in [6.07, 6.45) is 1.06. The molecule has 0 radical (unpaired) electrons. The lowest BCUT2D eigenvalue weighted by Crippen LogP contribution is -2.47. The van der Waals surface area contributed by atoms with Crippen molar-refractivity contribution in [2.75, 3.05) is 26.4 Å². The zero-order valence-corrected chi connectivity index (χ0v) is 11.5. The number of hydrogen-bond acceptors (Lipinski definition) is 3. The van der Waals surface area contributed by atoms with Gasteiger partial charge in [0.25, 0.3) is 0 Å². The zero-order valence-electron chi connectivity index (χ0n) is 10.7. The molecular formula is C14H20ClNO2. The van der Waals surface area contributed by atoms with Crippen LogP contribution in [0.15, 0.2) is 24.3 Å². The van der Waals surface area contributed by atoms with E-state index in [0.717, 1.165) is 18.0 Å². The predicted molar refractivity (Wildman–Crippen MR) is 73.2 cm³/mol. The van der Waals surface area contributed by atoms with Crippen LogP contribution in [-0.2, 0) is 15.9 Å². The second-order valence-electron chi connectivity index (χ2n) is 4.48. The first-order valence-corrected chi connectivity index (χ1v) is 6.84. The van der Waals surface area contributed by atoms with Gasteiger partial charge >= 0.3 is 0 Å². The summed E-state index contributed by atoms with van der Waals surface area (Å²) in [4.78, 5) is 0. The average molecular weight is 270 g/mol. The van der Waals surface area contributed by atoms with E-state index >= 15 is 0 Å². The van der Waals surface area contributed by atoms with Gasteiger partial charge in [0.1, 0.15) is 0 Å². The van der Waals surface area contributed by atoms with E-state index in [-0.39, 0.29) is 12.1 Å². The van der Waals surface area contributed by atoms with Crippen molar-refractivity contribution in [3.8, 4) is 0 Å². The van der Waals surface area contributed by atoms with Gasteiger partial charge in [-0.25, -0.2) is 0 Å². The molecule has 2 atom stereocenters. The Labute approximate surface area is 113 Å². The molecule has 1 N–H and O–H groups in total. The van der Waals surface area contributed by atoms with Gasteiger partial charge in [-0.05, 0) is 30.7 Å². The van der Waals surface area contributed by atoms with E-state index in [1.165, 1.54) is 5.56 Å². The maximum absolute atomic E-state index is 5.90. The molecule has 1 heterocycles. The second-order valence-corrected chi connectivity index (χ2v) is 4.92. The normalized spacial score (nSPS) is 21.8. The molecule has 100 valence electrons. The molecule has 0 aromatic heterocycles. The van der Waals surface area contributed by atoms with Crippen LogP contribution >= 0.6 is 11.6 Å². The third-order valence-corrected chi connectivity index (χ3v) is 3.38. The molecule has 0 spiro atoms. The van der Waals surface area contributed by atoms with Crippen molar-refractivity contribution in [2.24, 2.45) is 0 Å². The van der Waals surface area contributed by atoms with Crippen LogP contribution in [0.2, 0.25) is 5.02 Å². The van der Waals surface area contributed by atoms with Crippen molar-refractivity contribution >= 4 is 11.6 Å². The summed E-state index contributed by atoms with van der Waals surface area (Å²) in [6.45, 7) is 5.10. The third-order valence-electron chi connectivity index (χ3n) is 3.13. The van der Waals surface area contributed by atoms with Crippen molar-refractivity contribution in [2.45, 2.75) is 25.5 Å². The van der Waals surface area contributed by atoms with Crippen molar-refractivity contribution < 1.29 is 9.47 Å². The van der Waals surface area contributed by atoms with E-state index in [1.807, 2.05) is 12.1 Å². The minimum atomic E-state index is 0.134.